The summed E-state index contributed by atoms with van der Waals surface area (Å²) in [6, 6.07) is 10.3. The predicted molar refractivity (Wildman–Crippen MR) is 55.9 cm³/mol. The Morgan fingerprint density at radius 2 is 2.07 bits per heavy atom. The van der Waals surface area contributed by atoms with Crippen molar-refractivity contribution in [3.63, 3.8) is 0 Å². The monoisotopic (exact) mass is 189 g/mol. The van der Waals surface area contributed by atoms with Gasteiger partial charge < -0.3 is 0 Å². The highest BCUT2D eigenvalue weighted by Crippen LogP contribution is 2.14. The van der Waals surface area contributed by atoms with Crippen molar-refractivity contribution >= 4 is 5.78 Å². The molecule has 0 radical (unpaired) electrons. The van der Waals surface area contributed by atoms with E-state index < -0.39 is 0 Å². The first-order valence-electron chi connectivity index (χ1n) is 5.04. The van der Waals surface area contributed by atoms with Crippen molar-refractivity contribution < 1.29 is 4.79 Å². The number of likely N-dealkylation sites (tertiary alicyclic amines) is 1. The first-order valence-corrected chi connectivity index (χ1v) is 5.04. The summed E-state index contributed by atoms with van der Waals surface area (Å²) in [5.41, 5.74) is 1.29. The molecule has 1 aliphatic rings. The van der Waals surface area contributed by atoms with E-state index in [4.69, 9.17) is 0 Å². The summed E-state index contributed by atoms with van der Waals surface area (Å²) in [7, 11) is 0. The molecule has 2 nitrogen and oxygen atoms in total. The molecule has 0 spiro atoms. The van der Waals surface area contributed by atoms with Crippen LogP contribution in [-0.4, -0.2) is 23.8 Å². The maximum absolute atomic E-state index is 11.3. The number of benzene rings is 1. The molecule has 0 bridgehead atoms. The number of rotatable bonds is 2. The molecule has 14 heavy (non-hydrogen) atoms. The van der Waals surface area contributed by atoms with Gasteiger partial charge in [-0.1, -0.05) is 37.3 Å². The van der Waals surface area contributed by atoms with Gasteiger partial charge in [-0.15, -0.1) is 0 Å². The normalized spacial score (nSPS) is 22.9. The first kappa shape index (κ1) is 9.41. The quantitative estimate of drug-likeness (QED) is 0.706. The Morgan fingerprint density at radius 3 is 2.64 bits per heavy atom. The molecule has 1 fully saturated rings. The van der Waals surface area contributed by atoms with Crippen LogP contribution in [0, 0.1) is 5.92 Å². The Labute approximate surface area is 84.5 Å². The molecule has 0 N–H and O–H groups in total. The third-order valence-corrected chi connectivity index (χ3v) is 2.71. The van der Waals surface area contributed by atoms with Crippen molar-refractivity contribution in [1.29, 1.82) is 0 Å². The van der Waals surface area contributed by atoms with E-state index in [0.29, 0.717) is 12.3 Å². The van der Waals surface area contributed by atoms with Crippen LogP contribution in [0.5, 0.6) is 0 Å². The number of carbonyl (C=O) groups is 1. The van der Waals surface area contributed by atoms with E-state index in [1.54, 1.807) is 0 Å². The minimum atomic E-state index is 0.221. The van der Waals surface area contributed by atoms with Gasteiger partial charge in [-0.3, -0.25) is 9.69 Å². The third-order valence-electron chi connectivity index (χ3n) is 2.71. The van der Waals surface area contributed by atoms with Crippen LogP contribution in [0.3, 0.4) is 0 Å². The lowest BCUT2D eigenvalue weighted by molar-refractivity contribution is -0.119. The predicted octanol–water partition coefficient (Wildman–Crippen LogP) is 1.71. The van der Waals surface area contributed by atoms with Gasteiger partial charge in [-0.25, -0.2) is 0 Å². The molecule has 0 amide bonds. The highest BCUT2D eigenvalue weighted by molar-refractivity contribution is 5.84. The maximum atomic E-state index is 11.3. The smallest absolute Gasteiger partial charge is 0.150 e. The van der Waals surface area contributed by atoms with Crippen LogP contribution in [0.15, 0.2) is 30.3 Å². The minimum Gasteiger partial charge on any atom is -0.298 e. The molecule has 1 aromatic rings. The first-order chi connectivity index (χ1) is 6.75. The number of Topliss-reactive ketones (excluding diaryl/α,β-unsaturated/α-hetero) is 1. The van der Waals surface area contributed by atoms with Crippen molar-refractivity contribution in [3.8, 4) is 0 Å². The molecular weight excluding hydrogens is 174 g/mol. The Hall–Kier alpha value is -1.15. The number of hydrogen-bond acceptors (Lipinski definition) is 2. The number of hydrogen-bond donors (Lipinski definition) is 0. The summed E-state index contributed by atoms with van der Waals surface area (Å²) in [5, 5.41) is 0. The molecule has 1 heterocycles. The van der Waals surface area contributed by atoms with Gasteiger partial charge in [0.25, 0.3) is 0 Å². The van der Waals surface area contributed by atoms with E-state index in [9.17, 15) is 4.79 Å². The second-order valence-electron chi connectivity index (χ2n) is 4.02. The molecule has 0 unspecified atom stereocenters. The van der Waals surface area contributed by atoms with Gasteiger partial charge in [0.05, 0.1) is 6.54 Å². The Bertz CT molecular complexity index is 320. The molecule has 1 aliphatic heterocycles. The zero-order chi connectivity index (χ0) is 9.97. The van der Waals surface area contributed by atoms with Gasteiger partial charge >= 0.3 is 0 Å². The van der Waals surface area contributed by atoms with Crippen molar-refractivity contribution in [2.24, 2.45) is 5.92 Å². The van der Waals surface area contributed by atoms with E-state index in [2.05, 4.69) is 17.0 Å². The zero-order valence-corrected chi connectivity index (χ0v) is 8.44. The standard InChI is InChI=1S/C12H15NO/c1-10-7-13(9-12(10)14)8-11-5-3-2-4-6-11/h2-6,10H,7-9H2,1H3/t10-/m0/s1. The van der Waals surface area contributed by atoms with Gasteiger partial charge in [-0.05, 0) is 5.56 Å². The summed E-state index contributed by atoms with van der Waals surface area (Å²) >= 11 is 0. The highest BCUT2D eigenvalue weighted by atomic mass is 16.1. The van der Waals surface area contributed by atoms with E-state index in [-0.39, 0.29) is 5.92 Å². The van der Waals surface area contributed by atoms with E-state index in [0.717, 1.165) is 13.1 Å². The van der Waals surface area contributed by atoms with E-state index >= 15 is 0 Å². The maximum Gasteiger partial charge on any atom is 0.150 e. The number of ketones is 1. The van der Waals surface area contributed by atoms with E-state index in [1.807, 2.05) is 25.1 Å². The largest absolute Gasteiger partial charge is 0.298 e. The summed E-state index contributed by atoms with van der Waals surface area (Å²) < 4.78 is 0. The molecule has 0 aliphatic carbocycles. The van der Waals surface area contributed by atoms with Crippen molar-refractivity contribution in [3.05, 3.63) is 35.9 Å². The molecule has 0 saturated carbocycles. The highest BCUT2D eigenvalue weighted by Gasteiger charge is 2.26. The van der Waals surface area contributed by atoms with E-state index in [1.165, 1.54) is 5.56 Å². The Morgan fingerprint density at radius 1 is 1.36 bits per heavy atom. The molecule has 2 rings (SSSR count). The van der Waals surface area contributed by atoms with Gasteiger partial charge in [0.15, 0.2) is 5.78 Å². The molecular formula is C12H15NO. The SMILES string of the molecule is C[C@H]1CN(Cc2ccccc2)CC1=O. The fourth-order valence-corrected chi connectivity index (χ4v) is 1.89. The van der Waals surface area contributed by atoms with Crippen molar-refractivity contribution in [2.75, 3.05) is 13.1 Å². The fourth-order valence-electron chi connectivity index (χ4n) is 1.89. The van der Waals surface area contributed by atoms with Gasteiger partial charge in [0.1, 0.15) is 0 Å². The van der Waals surface area contributed by atoms with Gasteiger partial charge in [0, 0.05) is 19.0 Å². The average molecular weight is 189 g/mol. The number of nitrogens with zero attached hydrogens (tertiary/aromatic N) is 1. The molecule has 1 atom stereocenters. The van der Waals surface area contributed by atoms with Crippen LogP contribution < -0.4 is 0 Å². The lowest BCUT2D eigenvalue weighted by Gasteiger charge is -2.13. The summed E-state index contributed by atoms with van der Waals surface area (Å²) in [4.78, 5) is 13.5. The average Bonchev–Trinajstić information content (AvgIpc) is 2.47. The lowest BCUT2D eigenvalue weighted by Crippen LogP contribution is -2.20. The van der Waals surface area contributed by atoms with Gasteiger partial charge in [0.2, 0.25) is 0 Å². The van der Waals surface area contributed by atoms with Gasteiger partial charge in [-0.2, -0.15) is 0 Å². The van der Waals surface area contributed by atoms with Crippen LogP contribution in [0.25, 0.3) is 0 Å². The van der Waals surface area contributed by atoms with Crippen LogP contribution in [0.2, 0.25) is 0 Å². The zero-order valence-electron chi connectivity index (χ0n) is 8.44. The Kier molecular flexibility index (Phi) is 2.64. The van der Waals surface area contributed by atoms with Crippen LogP contribution >= 0.6 is 0 Å². The van der Waals surface area contributed by atoms with Crippen LogP contribution in [0.1, 0.15) is 12.5 Å². The van der Waals surface area contributed by atoms with Crippen molar-refractivity contribution in [2.45, 2.75) is 13.5 Å². The molecule has 1 saturated heterocycles. The summed E-state index contributed by atoms with van der Waals surface area (Å²) in [5.74, 6) is 0.597. The number of carbonyl (C=O) groups excluding carboxylic acids is 1. The fraction of sp³-hybridized carbons (Fsp3) is 0.417. The molecule has 1 aromatic carbocycles. The summed E-state index contributed by atoms with van der Waals surface area (Å²) in [6.07, 6.45) is 0. The second-order valence-corrected chi connectivity index (χ2v) is 4.02. The second kappa shape index (κ2) is 3.93. The lowest BCUT2D eigenvalue weighted by atomic mass is 10.1. The Balaban J connectivity index is 1.97. The van der Waals surface area contributed by atoms with Crippen LogP contribution in [0.4, 0.5) is 0 Å². The summed E-state index contributed by atoms with van der Waals surface area (Å²) in [6.45, 7) is 4.44. The topological polar surface area (TPSA) is 20.3 Å². The molecule has 74 valence electrons. The minimum absolute atomic E-state index is 0.221. The van der Waals surface area contributed by atoms with Crippen LogP contribution in [-0.2, 0) is 11.3 Å². The molecule has 2 heteroatoms. The molecule has 0 aromatic heterocycles. The van der Waals surface area contributed by atoms with Crippen molar-refractivity contribution in [1.82, 2.24) is 4.90 Å². The third kappa shape index (κ3) is 2.02.